The lowest BCUT2D eigenvalue weighted by molar-refractivity contribution is 0.584. The summed E-state index contributed by atoms with van der Waals surface area (Å²) < 4.78 is 5.93. The highest BCUT2D eigenvalue weighted by Gasteiger charge is 2.28. The van der Waals surface area contributed by atoms with Gasteiger partial charge < -0.3 is 4.42 Å². The van der Waals surface area contributed by atoms with Crippen molar-refractivity contribution in [2.45, 2.75) is 12.5 Å². The van der Waals surface area contributed by atoms with Crippen LogP contribution < -0.4 is 5.01 Å². The molecule has 0 radical (unpaired) electrons. The first kappa shape index (κ1) is 21.7. The van der Waals surface area contributed by atoms with Crippen LogP contribution in [0.2, 0.25) is 0 Å². The predicted molar refractivity (Wildman–Crippen MR) is 144 cm³/mol. The summed E-state index contributed by atoms with van der Waals surface area (Å²) in [6, 6.07) is 38.9. The average molecular weight is 469 g/mol. The fourth-order valence-electron chi connectivity index (χ4n) is 4.36. The fourth-order valence-corrected chi connectivity index (χ4v) is 4.36. The van der Waals surface area contributed by atoms with Gasteiger partial charge in [-0.05, 0) is 53.6 Å². The van der Waals surface area contributed by atoms with Gasteiger partial charge in [0.15, 0.2) is 0 Å². The summed E-state index contributed by atoms with van der Waals surface area (Å²) in [5.74, 6) is 1.01. The lowest BCUT2D eigenvalue weighted by Gasteiger charge is -2.24. The molecule has 0 spiro atoms. The molecule has 0 saturated carbocycles. The Morgan fingerprint density at radius 2 is 1.22 bits per heavy atom. The smallest absolute Gasteiger partial charge is 0.248 e. The van der Waals surface area contributed by atoms with Crippen molar-refractivity contribution < 1.29 is 4.42 Å². The molecule has 6 rings (SSSR count). The molecule has 1 aliphatic rings. The van der Waals surface area contributed by atoms with Crippen LogP contribution in [0.25, 0.3) is 29.0 Å². The third-order valence-corrected chi connectivity index (χ3v) is 6.21. The van der Waals surface area contributed by atoms with Crippen molar-refractivity contribution >= 4 is 17.5 Å². The molecule has 0 bridgehead atoms. The molecule has 5 nitrogen and oxygen atoms in total. The number of rotatable bonds is 6. The molecule has 0 N–H and O–H groups in total. The zero-order valence-electron chi connectivity index (χ0n) is 19.6. The van der Waals surface area contributed by atoms with Crippen molar-refractivity contribution in [2.24, 2.45) is 5.10 Å². The van der Waals surface area contributed by atoms with Crippen molar-refractivity contribution in [3.8, 4) is 22.9 Å². The molecular weight excluding hydrogens is 444 g/mol. The molecule has 5 aromatic rings. The van der Waals surface area contributed by atoms with Gasteiger partial charge in [-0.3, -0.25) is 5.01 Å². The first-order valence-electron chi connectivity index (χ1n) is 12.0. The SMILES string of the molecule is C(=C\c1ccccc1)/C1=NN(c2ccc(-c3nnc(-c4ccccc4)o3)cc2)[C@@H](c2ccccc2)C1. The van der Waals surface area contributed by atoms with E-state index in [-0.39, 0.29) is 6.04 Å². The van der Waals surface area contributed by atoms with Crippen LogP contribution in [0.5, 0.6) is 0 Å². The van der Waals surface area contributed by atoms with E-state index in [4.69, 9.17) is 9.52 Å². The van der Waals surface area contributed by atoms with Crippen LogP contribution in [0.3, 0.4) is 0 Å². The van der Waals surface area contributed by atoms with E-state index in [2.05, 4.69) is 75.9 Å². The number of hydrogen-bond acceptors (Lipinski definition) is 5. The largest absolute Gasteiger partial charge is 0.416 e. The quantitative estimate of drug-likeness (QED) is 0.260. The molecule has 1 atom stereocenters. The molecule has 0 fully saturated rings. The first-order valence-corrected chi connectivity index (χ1v) is 12.0. The van der Waals surface area contributed by atoms with Crippen LogP contribution in [0.4, 0.5) is 5.69 Å². The molecule has 1 aliphatic heterocycles. The van der Waals surface area contributed by atoms with E-state index in [0.29, 0.717) is 11.8 Å². The molecule has 5 heteroatoms. The van der Waals surface area contributed by atoms with E-state index in [9.17, 15) is 0 Å². The van der Waals surface area contributed by atoms with Crippen LogP contribution in [0.15, 0.2) is 131 Å². The van der Waals surface area contributed by atoms with Gasteiger partial charge in [0.25, 0.3) is 0 Å². The van der Waals surface area contributed by atoms with Gasteiger partial charge in [0.05, 0.1) is 17.4 Å². The predicted octanol–water partition coefficient (Wildman–Crippen LogP) is 7.42. The third-order valence-electron chi connectivity index (χ3n) is 6.21. The number of anilines is 1. The van der Waals surface area contributed by atoms with E-state index in [1.165, 1.54) is 5.56 Å². The van der Waals surface area contributed by atoms with Gasteiger partial charge in [0.1, 0.15) is 0 Å². The highest BCUT2D eigenvalue weighted by molar-refractivity contribution is 6.01. The minimum absolute atomic E-state index is 0.126. The normalized spacial score (nSPS) is 15.4. The van der Waals surface area contributed by atoms with Gasteiger partial charge in [0.2, 0.25) is 11.8 Å². The zero-order chi connectivity index (χ0) is 24.2. The summed E-state index contributed by atoms with van der Waals surface area (Å²) in [5.41, 5.74) is 6.23. The Kier molecular flexibility index (Phi) is 5.94. The molecule has 0 aliphatic carbocycles. The van der Waals surface area contributed by atoms with Crippen LogP contribution in [-0.4, -0.2) is 15.9 Å². The molecule has 2 heterocycles. The second-order valence-electron chi connectivity index (χ2n) is 8.64. The van der Waals surface area contributed by atoms with Gasteiger partial charge in [-0.15, -0.1) is 10.2 Å². The average Bonchev–Trinajstić information content (AvgIpc) is 3.62. The summed E-state index contributed by atoms with van der Waals surface area (Å²) in [6.07, 6.45) is 5.07. The fraction of sp³-hybridized carbons (Fsp3) is 0.0645. The van der Waals surface area contributed by atoms with E-state index in [1.807, 2.05) is 66.7 Å². The van der Waals surface area contributed by atoms with E-state index >= 15 is 0 Å². The molecule has 0 saturated heterocycles. The molecule has 1 aromatic heterocycles. The van der Waals surface area contributed by atoms with E-state index in [0.717, 1.165) is 34.5 Å². The molecule has 174 valence electrons. The van der Waals surface area contributed by atoms with Gasteiger partial charge in [-0.2, -0.15) is 5.10 Å². The van der Waals surface area contributed by atoms with Crippen molar-refractivity contribution in [1.82, 2.24) is 10.2 Å². The molecule has 36 heavy (non-hydrogen) atoms. The second kappa shape index (κ2) is 9.84. The summed E-state index contributed by atoms with van der Waals surface area (Å²) in [7, 11) is 0. The van der Waals surface area contributed by atoms with Crippen LogP contribution >= 0.6 is 0 Å². The third kappa shape index (κ3) is 4.59. The molecule has 0 amide bonds. The number of allylic oxidation sites excluding steroid dienone is 1. The van der Waals surface area contributed by atoms with Crippen molar-refractivity contribution in [3.63, 3.8) is 0 Å². The molecule has 0 unspecified atom stereocenters. The summed E-state index contributed by atoms with van der Waals surface area (Å²) in [6.45, 7) is 0. The highest BCUT2D eigenvalue weighted by atomic mass is 16.4. The van der Waals surface area contributed by atoms with Gasteiger partial charge in [-0.1, -0.05) is 84.9 Å². The Hall–Kier alpha value is -4.77. The minimum atomic E-state index is 0.126. The number of nitrogens with zero attached hydrogens (tertiary/aromatic N) is 4. The van der Waals surface area contributed by atoms with Crippen LogP contribution in [0.1, 0.15) is 23.6 Å². The topological polar surface area (TPSA) is 54.5 Å². The Morgan fingerprint density at radius 1 is 0.639 bits per heavy atom. The number of hydrogen-bond donors (Lipinski definition) is 0. The lowest BCUT2D eigenvalue weighted by Crippen LogP contribution is -2.18. The highest BCUT2D eigenvalue weighted by Crippen LogP contribution is 2.36. The standard InChI is InChI=1S/C31H24N4O/c1-4-10-23(11-5-1)16-19-27-22-29(24-12-6-2-7-13-24)35(34-27)28-20-17-26(18-21-28)31-33-32-30(36-31)25-14-8-3-9-15-25/h1-21,29H,22H2/b19-16+/t29-/m1/s1. The minimum Gasteiger partial charge on any atom is -0.416 e. The number of aromatic nitrogens is 2. The van der Waals surface area contributed by atoms with Crippen molar-refractivity contribution in [3.05, 3.63) is 132 Å². The van der Waals surface area contributed by atoms with Crippen molar-refractivity contribution in [2.75, 3.05) is 5.01 Å². The Morgan fingerprint density at radius 3 is 1.89 bits per heavy atom. The maximum Gasteiger partial charge on any atom is 0.248 e. The first-order chi connectivity index (χ1) is 17.8. The van der Waals surface area contributed by atoms with E-state index < -0.39 is 0 Å². The van der Waals surface area contributed by atoms with Gasteiger partial charge >= 0.3 is 0 Å². The van der Waals surface area contributed by atoms with Crippen LogP contribution in [0, 0.1) is 0 Å². The maximum atomic E-state index is 5.93. The lowest BCUT2D eigenvalue weighted by atomic mass is 10.0. The number of benzene rings is 4. The zero-order valence-corrected chi connectivity index (χ0v) is 19.6. The van der Waals surface area contributed by atoms with Crippen molar-refractivity contribution in [1.29, 1.82) is 0 Å². The summed E-state index contributed by atoms with van der Waals surface area (Å²) in [4.78, 5) is 0. The maximum absolute atomic E-state index is 5.93. The summed E-state index contributed by atoms with van der Waals surface area (Å²) >= 11 is 0. The van der Waals surface area contributed by atoms with Crippen LogP contribution in [-0.2, 0) is 0 Å². The summed E-state index contributed by atoms with van der Waals surface area (Å²) in [5, 5.41) is 15.6. The molecular formula is C31H24N4O. The monoisotopic (exact) mass is 468 g/mol. The second-order valence-corrected chi connectivity index (χ2v) is 8.64. The Labute approximate surface area is 210 Å². The molecule has 4 aromatic carbocycles. The van der Waals surface area contributed by atoms with Gasteiger partial charge in [-0.25, -0.2) is 0 Å². The number of hydrazone groups is 1. The Bertz CT molecular complexity index is 1490. The van der Waals surface area contributed by atoms with E-state index in [1.54, 1.807) is 0 Å². The van der Waals surface area contributed by atoms with Gasteiger partial charge in [0, 0.05) is 17.5 Å². The Balaban J connectivity index is 1.28.